The highest BCUT2D eigenvalue weighted by Crippen LogP contribution is 2.28. The molecule has 0 amide bonds. The molecular weight excluding hydrogens is 264 g/mol. The van der Waals surface area contributed by atoms with Crippen LogP contribution in [-0.4, -0.2) is 30.3 Å². The third-order valence-electron chi connectivity index (χ3n) is 3.18. The van der Waals surface area contributed by atoms with E-state index in [-0.39, 0.29) is 18.3 Å². The summed E-state index contributed by atoms with van der Waals surface area (Å²) in [6.45, 7) is 4.88. The van der Waals surface area contributed by atoms with Gasteiger partial charge < -0.3 is 14.8 Å². The van der Waals surface area contributed by atoms with Crippen molar-refractivity contribution in [2.24, 2.45) is 0 Å². The van der Waals surface area contributed by atoms with Crippen LogP contribution in [0.3, 0.4) is 0 Å². The van der Waals surface area contributed by atoms with Gasteiger partial charge in [0.15, 0.2) is 0 Å². The van der Waals surface area contributed by atoms with Crippen molar-refractivity contribution in [1.29, 1.82) is 0 Å². The second-order valence-electron chi connectivity index (χ2n) is 5.13. The molecule has 1 aromatic heterocycles. The van der Waals surface area contributed by atoms with Gasteiger partial charge in [-0.25, -0.2) is 4.98 Å². The van der Waals surface area contributed by atoms with Crippen LogP contribution in [0.2, 0.25) is 5.02 Å². The molecule has 1 N–H and O–H groups in total. The molecular formula is C14H21ClN2O2. The fraction of sp³-hybridized carbons (Fsp3) is 0.643. The van der Waals surface area contributed by atoms with E-state index >= 15 is 0 Å². The van der Waals surface area contributed by atoms with Gasteiger partial charge in [-0.3, -0.25) is 0 Å². The van der Waals surface area contributed by atoms with Gasteiger partial charge in [0, 0.05) is 25.6 Å². The van der Waals surface area contributed by atoms with Gasteiger partial charge in [0.1, 0.15) is 11.1 Å². The van der Waals surface area contributed by atoms with E-state index in [0.717, 1.165) is 24.9 Å². The zero-order valence-electron chi connectivity index (χ0n) is 11.6. The number of rotatable bonds is 4. The number of halogens is 1. The first kappa shape index (κ1) is 14.6. The first-order valence-electron chi connectivity index (χ1n) is 6.69. The highest BCUT2D eigenvalue weighted by molar-refractivity contribution is 6.31. The SMILES string of the molecule is CNCc1cnc(OC2CC(C)OC(C)C2)c(Cl)c1. The number of ether oxygens (including phenoxy) is 2. The molecule has 4 nitrogen and oxygen atoms in total. The third kappa shape index (κ3) is 4.06. The average Bonchev–Trinajstić information content (AvgIpc) is 2.32. The van der Waals surface area contributed by atoms with Gasteiger partial charge in [-0.15, -0.1) is 0 Å². The van der Waals surface area contributed by atoms with Gasteiger partial charge in [-0.2, -0.15) is 0 Å². The maximum atomic E-state index is 6.21. The number of aromatic nitrogens is 1. The van der Waals surface area contributed by atoms with Crippen LogP contribution >= 0.6 is 11.6 Å². The Balaban J connectivity index is 2.02. The van der Waals surface area contributed by atoms with Gasteiger partial charge in [-0.1, -0.05) is 11.6 Å². The zero-order valence-corrected chi connectivity index (χ0v) is 12.4. The number of hydrogen-bond acceptors (Lipinski definition) is 4. The van der Waals surface area contributed by atoms with Crippen LogP contribution in [0.4, 0.5) is 0 Å². The van der Waals surface area contributed by atoms with Crippen molar-refractivity contribution in [2.75, 3.05) is 7.05 Å². The normalized spacial score (nSPS) is 27.3. The maximum absolute atomic E-state index is 6.21. The molecule has 1 aliphatic rings. The zero-order chi connectivity index (χ0) is 13.8. The van der Waals surface area contributed by atoms with Gasteiger partial charge in [0.25, 0.3) is 0 Å². The van der Waals surface area contributed by atoms with Crippen LogP contribution in [0.15, 0.2) is 12.3 Å². The molecule has 1 aromatic rings. The van der Waals surface area contributed by atoms with E-state index < -0.39 is 0 Å². The predicted octanol–water partition coefficient (Wildman–Crippen LogP) is 2.79. The van der Waals surface area contributed by atoms with Crippen molar-refractivity contribution in [3.63, 3.8) is 0 Å². The first-order chi connectivity index (χ1) is 9.08. The lowest BCUT2D eigenvalue weighted by molar-refractivity contribution is -0.0729. The molecule has 0 aromatic carbocycles. The lowest BCUT2D eigenvalue weighted by atomic mass is 10.0. The van der Waals surface area contributed by atoms with E-state index in [9.17, 15) is 0 Å². The molecule has 1 saturated heterocycles. The summed E-state index contributed by atoms with van der Waals surface area (Å²) in [6.07, 6.45) is 4.11. The Labute approximate surface area is 119 Å². The monoisotopic (exact) mass is 284 g/mol. The van der Waals surface area contributed by atoms with Gasteiger partial charge >= 0.3 is 0 Å². The number of pyridine rings is 1. The average molecular weight is 285 g/mol. The molecule has 2 atom stereocenters. The molecule has 1 aliphatic heterocycles. The van der Waals surface area contributed by atoms with Crippen LogP contribution in [0.25, 0.3) is 0 Å². The van der Waals surface area contributed by atoms with E-state index in [0.29, 0.717) is 10.9 Å². The fourth-order valence-corrected chi connectivity index (χ4v) is 2.68. The highest BCUT2D eigenvalue weighted by atomic mass is 35.5. The van der Waals surface area contributed by atoms with Crippen molar-refractivity contribution in [3.8, 4) is 5.88 Å². The van der Waals surface area contributed by atoms with Gasteiger partial charge in [0.05, 0.1) is 12.2 Å². The third-order valence-corrected chi connectivity index (χ3v) is 3.45. The molecule has 19 heavy (non-hydrogen) atoms. The second kappa shape index (κ2) is 6.55. The molecule has 5 heteroatoms. The van der Waals surface area contributed by atoms with Crippen LogP contribution in [0.5, 0.6) is 5.88 Å². The fourth-order valence-electron chi connectivity index (χ4n) is 2.45. The van der Waals surface area contributed by atoms with Crippen molar-refractivity contribution < 1.29 is 9.47 Å². The topological polar surface area (TPSA) is 43.4 Å². The van der Waals surface area contributed by atoms with E-state index in [1.165, 1.54) is 0 Å². The molecule has 0 aliphatic carbocycles. The summed E-state index contributed by atoms with van der Waals surface area (Å²) in [5.41, 5.74) is 1.05. The Morgan fingerprint density at radius 1 is 1.42 bits per heavy atom. The summed E-state index contributed by atoms with van der Waals surface area (Å²) in [4.78, 5) is 4.31. The Kier molecular flexibility index (Phi) is 5.02. The predicted molar refractivity (Wildman–Crippen MR) is 75.7 cm³/mol. The Morgan fingerprint density at radius 2 is 2.11 bits per heavy atom. The van der Waals surface area contributed by atoms with Crippen molar-refractivity contribution in [2.45, 2.75) is 51.5 Å². The van der Waals surface area contributed by atoms with Crippen LogP contribution < -0.4 is 10.1 Å². The van der Waals surface area contributed by atoms with E-state index in [4.69, 9.17) is 21.1 Å². The van der Waals surface area contributed by atoms with Crippen LogP contribution in [0.1, 0.15) is 32.3 Å². The lowest BCUT2D eigenvalue weighted by Crippen LogP contribution is -2.35. The molecule has 0 radical (unpaired) electrons. The lowest BCUT2D eigenvalue weighted by Gasteiger charge is -2.32. The summed E-state index contributed by atoms with van der Waals surface area (Å²) in [5.74, 6) is 0.521. The van der Waals surface area contributed by atoms with Crippen LogP contribution in [0, 0.1) is 0 Å². The quantitative estimate of drug-likeness (QED) is 0.923. The number of hydrogen-bond donors (Lipinski definition) is 1. The summed E-state index contributed by atoms with van der Waals surface area (Å²) >= 11 is 6.21. The molecule has 2 rings (SSSR count). The Bertz CT molecular complexity index is 418. The van der Waals surface area contributed by atoms with Gasteiger partial charge in [-0.05, 0) is 32.5 Å². The van der Waals surface area contributed by atoms with E-state index in [1.807, 2.05) is 13.1 Å². The minimum absolute atomic E-state index is 0.124. The first-order valence-corrected chi connectivity index (χ1v) is 7.07. The van der Waals surface area contributed by atoms with E-state index in [1.54, 1.807) is 6.20 Å². The molecule has 2 heterocycles. The van der Waals surface area contributed by atoms with Crippen molar-refractivity contribution in [3.05, 3.63) is 22.8 Å². The van der Waals surface area contributed by atoms with Crippen molar-refractivity contribution >= 4 is 11.6 Å². The molecule has 1 fully saturated rings. The summed E-state index contributed by atoms with van der Waals surface area (Å²) in [5, 5.41) is 3.64. The minimum atomic E-state index is 0.124. The number of nitrogens with one attached hydrogen (secondary N) is 1. The maximum Gasteiger partial charge on any atom is 0.232 e. The number of nitrogens with zero attached hydrogens (tertiary/aromatic N) is 1. The van der Waals surface area contributed by atoms with E-state index in [2.05, 4.69) is 24.1 Å². The minimum Gasteiger partial charge on any atom is -0.473 e. The van der Waals surface area contributed by atoms with Crippen LogP contribution in [-0.2, 0) is 11.3 Å². The molecule has 106 valence electrons. The summed E-state index contributed by atoms with van der Waals surface area (Å²) in [6, 6.07) is 1.90. The molecule has 0 spiro atoms. The highest BCUT2D eigenvalue weighted by Gasteiger charge is 2.26. The van der Waals surface area contributed by atoms with Gasteiger partial charge in [0.2, 0.25) is 5.88 Å². The summed E-state index contributed by atoms with van der Waals surface area (Å²) < 4.78 is 11.6. The standard InChI is InChI=1S/C14H21ClN2O2/c1-9-4-12(5-10(2)18-9)19-14-13(15)6-11(7-16-3)8-17-14/h6,8-10,12,16H,4-5,7H2,1-3H3. The molecule has 2 unspecified atom stereocenters. The van der Waals surface area contributed by atoms with Crippen molar-refractivity contribution in [1.82, 2.24) is 10.3 Å². The Morgan fingerprint density at radius 3 is 2.68 bits per heavy atom. The Hall–Kier alpha value is -0.840. The summed E-state index contributed by atoms with van der Waals surface area (Å²) in [7, 11) is 1.89. The second-order valence-corrected chi connectivity index (χ2v) is 5.54. The smallest absolute Gasteiger partial charge is 0.232 e. The largest absolute Gasteiger partial charge is 0.473 e. The molecule has 0 saturated carbocycles. The molecule has 0 bridgehead atoms.